The molecule has 0 saturated heterocycles. The van der Waals surface area contributed by atoms with Gasteiger partial charge in [0, 0.05) is 13.1 Å². The topological polar surface area (TPSA) is 66.6 Å². The van der Waals surface area contributed by atoms with Gasteiger partial charge in [0.2, 0.25) is 0 Å². The number of carboxylic acid groups (broad SMARTS) is 1. The minimum atomic E-state index is -1.06. The second-order valence-electron chi connectivity index (χ2n) is 5.71. The van der Waals surface area contributed by atoms with Gasteiger partial charge in [-0.05, 0) is 43.4 Å². The van der Waals surface area contributed by atoms with Gasteiger partial charge in [0.1, 0.15) is 5.54 Å². The summed E-state index contributed by atoms with van der Waals surface area (Å²) < 4.78 is 0. The van der Waals surface area contributed by atoms with Gasteiger partial charge in [-0.3, -0.25) is 9.69 Å². The fourth-order valence-corrected chi connectivity index (χ4v) is 2.80. The number of hydrogen-bond acceptors (Lipinski definition) is 3. The lowest BCUT2D eigenvalue weighted by atomic mass is 9.91. The number of carboxylic acids is 1. The van der Waals surface area contributed by atoms with E-state index >= 15 is 0 Å². The predicted molar refractivity (Wildman–Crippen MR) is 79.5 cm³/mol. The highest BCUT2D eigenvalue weighted by atomic mass is 16.4. The number of nitrogens with two attached hydrogens (primary N) is 1. The molecule has 0 aromatic heterocycles. The average molecular weight is 276 g/mol. The highest BCUT2D eigenvalue weighted by molar-refractivity contribution is 5.78. The van der Waals surface area contributed by atoms with Crippen molar-refractivity contribution >= 4 is 5.97 Å². The summed E-state index contributed by atoms with van der Waals surface area (Å²) in [6.07, 6.45) is 2.93. The molecule has 0 amide bonds. The van der Waals surface area contributed by atoms with Crippen LogP contribution in [0.5, 0.6) is 0 Å². The Hall–Kier alpha value is -1.39. The maximum absolute atomic E-state index is 11.2. The molecular formula is C16H24N2O2. The van der Waals surface area contributed by atoms with Crippen LogP contribution in [0.4, 0.5) is 0 Å². The maximum Gasteiger partial charge on any atom is 0.323 e. The molecule has 1 aliphatic rings. The van der Waals surface area contributed by atoms with Crippen LogP contribution in [0.15, 0.2) is 24.3 Å². The first-order valence-electron chi connectivity index (χ1n) is 7.36. The van der Waals surface area contributed by atoms with Crippen molar-refractivity contribution in [2.45, 2.75) is 44.7 Å². The van der Waals surface area contributed by atoms with E-state index in [0.29, 0.717) is 12.8 Å². The highest BCUT2D eigenvalue weighted by Gasteiger charge is 2.31. The summed E-state index contributed by atoms with van der Waals surface area (Å²) in [6.45, 7) is 4.77. The molecule has 0 aliphatic carbocycles. The van der Waals surface area contributed by atoms with Crippen LogP contribution in [-0.4, -0.2) is 34.6 Å². The summed E-state index contributed by atoms with van der Waals surface area (Å²) in [5.41, 5.74) is 7.69. The fourth-order valence-electron chi connectivity index (χ4n) is 2.80. The van der Waals surface area contributed by atoms with Crippen LogP contribution < -0.4 is 5.73 Å². The standard InChI is InChI=1S/C16H24N2O2/c1-2-16(17,15(19)20)9-5-10-18-11-8-13-6-3-4-7-14(13)12-18/h3-4,6-7H,2,5,8-12,17H2,1H3,(H,19,20). The van der Waals surface area contributed by atoms with Gasteiger partial charge >= 0.3 is 5.97 Å². The Bertz CT molecular complexity index is 475. The van der Waals surface area contributed by atoms with E-state index in [4.69, 9.17) is 10.8 Å². The molecule has 2 rings (SSSR count). The van der Waals surface area contributed by atoms with Crippen molar-refractivity contribution < 1.29 is 9.90 Å². The van der Waals surface area contributed by atoms with Crippen LogP contribution in [0, 0.1) is 0 Å². The van der Waals surface area contributed by atoms with Crippen LogP contribution >= 0.6 is 0 Å². The molecule has 110 valence electrons. The number of nitrogens with zero attached hydrogens (tertiary/aromatic N) is 1. The van der Waals surface area contributed by atoms with Gasteiger partial charge in [0.05, 0.1) is 0 Å². The maximum atomic E-state index is 11.2. The summed E-state index contributed by atoms with van der Waals surface area (Å²) in [5.74, 6) is -0.885. The van der Waals surface area contributed by atoms with E-state index in [0.717, 1.165) is 32.5 Å². The molecule has 0 spiro atoms. The molecular weight excluding hydrogens is 252 g/mol. The Balaban J connectivity index is 1.83. The Morgan fingerprint density at radius 3 is 2.75 bits per heavy atom. The zero-order valence-electron chi connectivity index (χ0n) is 12.1. The van der Waals surface area contributed by atoms with Crippen LogP contribution in [-0.2, 0) is 17.8 Å². The van der Waals surface area contributed by atoms with Gasteiger partial charge < -0.3 is 10.8 Å². The number of rotatable bonds is 6. The lowest BCUT2D eigenvalue weighted by Gasteiger charge is -2.30. The van der Waals surface area contributed by atoms with Gasteiger partial charge in [0.15, 0.2) is 0 Å². The lowest BCUT2D eigenvalue weighted by molar-refractivity contribution is -0.143. The summed E-state index contributed by atoms with van der Waals surface area (Å²) in [7, 11) is 0. The van der Waals surface area contributed by atoms with Crippen molar-refractivity contribution in [2.24, 2.45) is 5.73 Å². The molecule has 1 aromatic rings. The summed E-state index contributed by atoms with van der Waals surface area (Å²) in [5, 5.41) is 9.16. The van der Waals surface area contributed by atoms with Gasteiger partial charge in [-0.2, -0.15) is 0 Å². The van der Waals surface area contributed by atoms with Crippen molar-refractivity contribution in [1.29, 1.82) is 0 Å². The summed E-state index contributed by atoms with van der Waals surface area (Å²) >= 11 is 0. The first-order chi connectivity index (χ1) is 9.55. The van der Waals surface area contributed by atoms with Gasteiger partial charge in [-0.15, -0.1) is 0 Å². The molecule has 1 atom stereocenters. The van der Waals surface area contributed by atoms with E-state index in [2.05, 4.69) is 29.2 Å². The van der Waals surface area contributed by atoms with Crippen LogP contribution in [0.2, 0.25) is 0 Å². The molecule has 0 fully saturated rings. The van der Waals surface area contributed by atoms with Crippen LogP contribution in [0.25, 0.3) is 0 Å². The van der Waals surface area contributed by atoms with Gasteiger partial charge in [-0.1, -0.05) is 31.2 Å². The van der Waals surface area contributed by atoms with E-state index in [9.17, 15) is 4.79 Å². The molecule has 0 saturated carbocycles. The predicted octanol–water partition coefficient (Wildman–Crippen LogP) is 2.02. The fraction of sp³-hybridized carbons (Fsp3) is 0.562. The molecule has 1 aromatic carbocycles. The Morgan fingerprint density at radius 2 is 2.10 bits per heavy atom. The van der Waals surface area contributed by atoms with Crippen LogP contribution in [0.3, 0.4) is 0 Å². The second kappa shape index (κ2) is 6.37. The number of aliphatic carboxylic acids is 1. The minimum Gasteiger partial charge on any atom is -0.480 e. The molecule has 4 nitrogen and oxygen atoms in total. The lowest BCUT2D eigenvalue weighted by Crippen LogP contribution is -2.47. The molecule has 1 unspecified atom stereocenters. The molecule has 4 heteroatoms. The zero-order valence-corrected chi connectivity index (χ0v) is 12.1. The minimum absolute atomic E-state index is 0.477. The molecule has 3 N–H and O–H groups in total. The highest BCUT2D eigenvalue weighted by Crippen LogP contribution is 2.20. The number of fused-ring (bicyclic) bond motifs is 1. The first-order valence-corrected chi connectivity index (χ1v) is 7.36. The smallest absolute Gasteiger partial charge is 0.323 e. The molecule has 0 bridgehead atoms. The third-order valence-corrected chi connectivity index (χ3v) is 4.36. The Kier molecular flexibility index (Phi) is 4.78. The number of benzene rings is 1. The Morgan fingerprint density at radius 1 is 1.40 bits per heavy atom. The number of hydrogen-bond donors (Lipinski definition) is 2. The van der Waals surface area contributed by atoms with E-state index < -0.39 is 11.5 Å². The van der Waals surface area contributed by atoms with Crippen LogP contribution in [0.1, 0.15) is 37.3 Å². The third kappa shape index (κ3) is 3.38. The number of carbonyl (C=O) groups is 1. The van der Waals surface area contributed by atoms with Gasteiger partial charge in [-0.25, -0.2) is 0 Å². The normalized spacial score (nSPS) is 18.3. The Labute approximate surface area is 120 Å². The average Bonchev–Trinajstić information content (AvgIpc) is 2.46. The van der Waals surface area contributed by atoms with Crippen molar-refractivity contribution in [1.82, 2.24) is 4.90 Å². The van der Waals surface area contributed by atoms with E-state index in [1.165, 1.54) is 11.1 Å². The van der Waals surface area contributed by atoms with E-state index in [1.54, 1.807) is 0 Å². The largest absolute Gasteiger partial charge is 0.480 e. The molecule has 1 heterocycles. The SMILES string of the molecule is CCC(N)(CCCN1CCc2ccccc2C1)C(=O)O. The summed E-state index contributed by atoms with van der Waals surface area (Å²) in [6, 6.07) is 8.54. The quantitative estimate of drug-likeness (QED) is 0.834. The third-order valence-electron chi connectivity index (χ3n) is 4.36. The first kappa shape index (κ1) is 15.0. The molecule has 20 heavy (non-hydrogen) atoms. The molecule has 1 aliphatic heterocycles. The van der Waals surface area contributed by atoms with Crippen molar-refractivity contribution in [3.8, 4) is 0 Å². The van der Waals surface area contributed by atoms with Crippen molar-refractivity contribution in [2.75, 3.05) is 13.1 Å². The van der Waals surface area contributed by atoms with Crippen molar-refractivity contribution in [3.05, 3.63) is 35.4 Å². The second-order valence-corrected chi connectivity index (χ2v) is 5.71. The summed E-state index contributed by atoms with van der Waals surface area (Å²) in [4.78, 5) is 13.5. The van der Waals surface area contributed by atoms with E-state index in [-0.39, 0.29) is 0 Å². The van der Waals surface area contributed by atoms with Gasteiger partial charge in [0.25, 0.3) is 0 Å². The van der Waals surface area contributed by atoms with E-state index in [1.807, 2.05) is 6.92 Å². The zero-order chi connectivity index (χ0) is 14.6. The monoisotopic (exact) mass is 276 g/mol. The van der Waals surface area contributed by atoms with Crippen molar-refractivity contribution in [3.63, 3.8) is 0 Å². The molecule has 0 radical (unpaired) electrons.